The van der Waals surface area contributed by atoms with E-state index in [2.05, 4.69) is 17.2 Å². The predicted molar refractivity (Wildman–Crippen MR) is 85.2 cm³/mol. The van der Waals surface area contributed by atoms with Crippen LogP contribution in [-0.2, 0) is 9.47 Å². The quantitative estimate of drug-likeness (QED) is 0.292. The van der Waals surface area contributed by atoms with Crippen molar-refractivity contribution >= 4 is 5.96 Å². The third-order valence-corrected chi connectivity index (χ3v) is 2.98. The van der Waals surface area contributed by atoms with E-state index in [9.17, 15) is 0 Å². The Kier molecular flexibility index (Phi) is 15.6. The highest BCUT2D eigenvalue weighted by atomic mass is 16.5. The van der Waals surface area contributed by atoms with Gasteiger partial charge < -0.3 is 20.5 Å². The fourth-order valence-corrected chi connectivity index (χ4v) is 1.79. The van der Waals surface area contributed by atoms with Crippen molar-refractivity contribution in [2.45, 2.75) is 51.9 Å². The van der Waals surface area contributed by atoms with Crippen molar-refractivity contribution in [3.8, 4) is 0 Å². The molecule has 0 atom stereocenters. The van der Waals surface area contributed by atoms with Gasteiger partial charge in [0.2, 0.25) is 0 Å². The lowest BCUT2D eigenvalue weighted by molar-refractivity contribution is 0.129. The molecule has 0 bridgehead atoms. The number of hydrogen-bond donors (Lipinski definition) is 2. The Balaban J connectivity index is 3.17. The van der Waals surface area contributed by atoms with Crippen molar-refractivity contribution in [1.82, 2.24) is 5.32 Å². The molecular weight excluding hydrogens is 254 g/mol. The number of unbranched alkanes of at least 4 members (excludes halogenated alkanes) is 5. The van der Waals surface area contributed by atoms with Crippen molar-refractivity contribution in [1.29, 1.82) is 0 Å². The van der Waals surface area contributed by atoms with E-state index in [-0.39, 0.29) is 0 Å². The summed E-state index contributed by atoms with van der Waals surface area (Å²) in [7, 11) is 1.66. The van der Waals surface area contributed by atoms with Crippen LogP contribution in [0.4, 0.5) is 0 Å². The summed E-state index contributed by atoms with van der Waals surface area (Å²) in [6.45, 7) is 5.92. The lowest BCUT2D eigenvalue weighted by Crippen LogP contribution is -2.34. The molecule has 0 aliphatic rings. The maximum Gasteiger partial charge on any atom is 0.188 e. The first kappa shape index (κ1) is 19.2. The Morgan fingerprint density at radius 1 is 1.00 bits per heavy atom. The number of ether oxygens (including phenoxy) is 2. The molecular formula is C15H33N3O2. The molecule has 5 heteroatoms. The standard InChI is InChI=1S/C15H33N3O2/c1-3-4-5-6-7-8-12-20-13-9-10-17-15(16)18-11-14-19-2/h3-14H2,1-2H3,(H3,16,17,18). The number of aliphatic imine (C=N–C) groups is 1. The molecule has 0 aromatic heterocycles. The first-order chi connectivity index (χ1) is 9.81. The molecule has 0 aromatic carbocycles. The van der Waals surface area contributed by atoms with Crippen LogP contribution in [0.5, 0.6) is 0 Å². The molecule has 0 fully saturated rings. The van der Waals surface area contributed by atoms with Gasteiger partial charge in [-0.15, -0.1) is 0 Å². The highest BCUT2D eigenvalue weighted by molar-refractivity contribution is 5.77. The average molecular weight is 287 g/mol. The molecule has 0 radical (unpaired) electrons. The van der Waals surface area contributed by atoms with Crippen LogP contribution in [-0.4, -0.2) is 46.0 Å². The van der Waals surface area contributed by atoms with Crippen molar-refractivity contribution < 1.29 is 9.47 Å². The van der Waals surface area contributed by atoms with E-state index >= 15 is 0 Å². The third-order valence-electron chi connectivity index (χ3n) is 2.98. The summed E-state index contributed by atoms with van der Waals surface area (Å²) < 4.78 is 10.5. The van der Waals surface area contributed by atoms with Crippen LogP contribution in [0.3, 0.4) is 0 Å². The third kappa shape index (κ3) is 15.2. The summed E-state index contributed by atoms with van der Waals surface area (Å²) in [6, 6.07) is 0. The summed E-state index contributed by atoms with van der Waals surface area (Å²) in [5, 5.41) is 2.98. The lowest BCUT2D eigenvalue weighted by Gasteiger charge is -2.05. The van der Waals surface area contributed by atoms with Crippen molar-refractivity contribution in [2.24, 2.45) is 10.7 Å². The number of methoxy groups -OCH3 is 1. The number of hydrogen-bond acceptors (Lipinski definition) is 3. The molecule has 0 rings (SSSR count). The normalized spacial score (nSPS) is 11.8. The van der Waals surface area contributed by atoms with Gasteiger partial charge in [-0.25, -0.2) is 0 Å². The van der Waals surface area contributed by atoms with E-state index in [1.54, 1.807) is 7.11 Å². The molecule has 0 aliphatic carbocycles. The van der Waals surface area contributed by atoms with E-state index in [1.165, 1.54) is 38.5 Å². The SMILES string of the molecule is CCCCCCCCOCCCN=C(N)NCCOC. The molecule has 0 heterocycles. The summed E-state index contributed by atoms with van der Waals surface area (Å²) >= 11 is 0. The molecule has 0 amide bonds. The predicted octanol–water partition coefficient (Wildman–Crippen LogP) is 2.30. The minimum Gasteiger partial charge on any atom is -0.383 e. The fraction of sp³-hybridized carbons (Fsp3) is 0.933. The van der Waals surface area contributed by atoms with Crippen molar-refractivity contribution in [2.75, 3.05) is 40.0 Å². The Morgan fingerprint density at radius 2 is 1.70 bits per heavy atom. The second-order valence-corrected chi connectivity index (χ2v) is 4.92. The van der Waals surface area contributed by atoms with Crippen LogP contribution < -0.4 is 11.1 Å². The van der Waals surface area contributed by atoms with Gasteiger partial charge in [-0.05, 0) is 12.8 Å². The Labute approximate surface area is 124 Å². The topological polar surface area (TPSA) is 68.9 Å². The molecule has 0 aliphatic heterocycles. The van der Waals surface area contributed by atoms with Gasteiger partial charge >= 0.3 is 0 Å². The monoisotopic (exact) mass is 287 g/mol. The fourth-order valence-electron chi connectivity index (χ4n) is 1.79. The summed E-state index contributed by atoms with van der Waals surface area (Å²) in [5.41, 5.74) is 5.68. The first-order valence-electron chi connectivity index (χ1n) is 7.91. The zero-order valence-corrected chi connectivity index (χ0v) is 13.3. The second kappa shape index (κ2) is 16.2. The van der Waals surface area contributed by atoms with Crippen molar-refractivity contribution in [3.05, 3.63) is 0 Å². The van der Waals surface area contributed by atoms with Gasteiger partial charge in [-0.3, -0.25) is 4.99 Å². The molecule has 0 spiro atoms. The smallest absolute Gasteiger partial charge is 0.188 e. The highest BCUT2D eigenvalue weighted by Crippen LogP contribution is 2.04. The summed E-state index contributed by atoms with van der Waals surface area (Å²) in [4.78, 5) is 4.21. The van der Waals surface area contributed by atoms with Gasteiger partial charge in [-0.1, -0.05) is 39.0 Å². The molecule has 0 unspecified atom stereocenters. The maximum absolute atomic E-state index is 5.68. The minimum atomic E-state index is 0.484. The van der Waals surface area contributed by atoms with E-state index in [0.29, 0.717) is 25.7 Å². The van der Waals surface area contributed by atoms with E-state index in [1.807, 2.05) is 0 Å². The zero-order valence-electron chi connectivity index (χ0n) is 13.3. The number of nitrogens with zero attached hydrogens (tertiary/aromatic N) is 1. The molecule has 3 N–H and O–H groups in total. The van der Waals surface area contributed by atoms with E-state index in [4.69, 9.17) is 15.2 Å². The van der Waals surface area contributed by atoms with Crippen LogP contribution in [0.25, 0.3) is 0 Å². The van der Waals surface area contributed by atoms with Crippen LogP contribution in [0.2, 0.25) is 0 Å². The van der Waals surface area contributed by atoms with Crippen molar-refractivity contribution in [3.63, 3.8) is 0 Å². The van der Waals surface area contributed by atoms with Crippen LogP contribution in [0.15, 0.2) is 4.99 Å². The van der Waals surface area contributed by atoms with Crippen LogP contribution in [0, 0.1) is 0 Å². The number of nitrogens with two attached hydrogens (primary N) is 1. The van der Waals surface area contributed by atoms with Crippen LogP contribution >= 0.6 is 0 Å². The Hall–Kier alpha value is -0.810. The van der Waals surface area contributed by atoms with Gasteiger partial charge in [0.25, 0.3) is 0 Å². The van der Waals surface area contributed by atoms with Gasteiger partial charge in [0.1, 0.15) is 0 Å². The molecule has 120 valence electrons. The number of nitrogens with one attached hydrogen (secondary N) is 1. The first-order valence-corrected chi connectivity index (χ1v) is 7.91. The summed E-state index contributed by atoms with van der Waals surface area (Å²) in [6.07, 6.45) is 8.75. The van der Waals surface area contributed by atoms with E-state index < -0.39 is 0 Å². The minimum absolute atomic E-state index is 0.484. The Bertz CT molecular complexity index is 223. The second-order valence-electron chi connectivity index (χ2n) is 4.92. The lowest BCUT2D eigenvalue weighted by atomic mass is 10.1. The Morgan fingerprint density at radius 3 is 2.45 bits per heavy atom. The maximum atomic E-state index is 5.68. The van der Waals surface area contributed by atoms with Gasteiger partial charge in [0, 0.05) is 33.4 Å². The largest absolute Gasteiger partial charge is 0.383 e. The molecule has 0 aromatic rings. The zero-order chi connectivity index (χ0) is 14.9. The highest BCUT2D eigenvalue weighted by Gasteiger charge is 1.93. The van der Waals surface area contributed by atoms with Gasteiger partial charge in [-0.2, -0.15) is 0 Å². The number of rotatable bonds is 14. The molecule has 20 heavy (non-hydrogen) atoms. The van der Waals surface area contributed by atoms with Gasteiger partial charge in [0.05, 0.1) is 6.61 Å². The van der Waals surface area contributed by atoms with Crippen LogP contribution in [0.1, 0.15) is 51.9 Å². The summed E-state index contributed by atoms with van der Waals surface area (Å²) in [5.74, 6) is 0.484. The van der Waals surface area contributed by atoms with Gasteiger partial charge in [0.15, 0.2) is 5.96 Å². The molecule has 0 saturated carbocycles. The molecule has 5 nitrogen and oxygen atoms in total. The molecule has 0 saturated heterocycles. The van der Waals surface area contributed by atoms with E-state index in [0.717, 1.165) is 19.6 Å². The average Bonchev–Trinajstić information content (AvgIpc) is 2.45. The number of guanidine groups is 1.